The number of ether oxygens (including phenoxy) is 1. The van der Waals surface area contributed by atoms with Crippen LogP contribution in [0, 0.1) is 0 Å². The molecule has 0 bridgehead atoms. The predicted molar refractivity (Wildman–Crippen MR) is 101 cm³/mol. The zero-order valence-electron chi connectivity index (χ0n) is 14.8. The molecule has 28 heavy (non-hydrogen) atoms. The van der Waals surface area contributed by atoms with Gasteiger partial charge in [0.2, 0.25) is 0 Å². The minimum Gasteiger partial charge on any atom is -0.484 e. The summed E-state index contributed by atoms with van der Waals surface area (Å²) in [5.41, 5.74) is 0.240. The van der Waals surface area contributed by atoms with Gasteiger partial charge in [-0.25, -0.2) is 4.98 Å². The Labute approximate surface area is 160 Å². The van der Waals surface area contributed by atoms with Gasteiger partial charge in [0.1, 0.15) is 11.9 Å². The van der Waals surface area contributed by atoms with Gasteiger partial charge in [-0.1, -0.05) is 36.4 Å². The molecular formula is C22H17F3N2O. The molecule has 0 radical (unpaired) electrons. The van der Waals surface area contributed by atoms with Crippen LogP contribution in [0.4, 0.5) is 13.2 Å². The smallest absolute Gasteiger partial charge is 0.416 e. The third-order valence-electron chi connectivity index (χ3n) is 4.54. The zero-order valence-corrected chi connectivity index (χ0v) is 14.8. The van der Waals surface area contributed by atoms with Gasteiger partial charge >= 0.3 is 6.18 Å². The Balaban J connectivity index is 1.64. The molecule has 0 saturated heterocycles. The molecule has 4 aromatic rings. The normalized spacial score (nSPS) is 12.8. The Hall–Kier alpha value is -3.28. The van der Waals surface area contributed by atoms with Gasteiger partial charge in [0.05, 0.1) is 18.4 Å². The van der Waals surface area contributed by atoms with Gasteiger partial charge in [-0.2, -0.15) is 13.2 Å². The molecule has 0 aliphatic heterocycles. The third kappa shape index (κ3) is 4.01. The summed E-state index contributed by atoms with van der Waals surface area (Å²) >= 11 is 0. The molecule has 3 aromatic carbocycles. The summed E-state index contributed by atoms with van der Waals surface area (Å²) in [4.78, 5) is 4.05. The molecule has 0 aliphatic rings. The fourth-order valence-electron chi connectivity index (χ4n) is 3.09. The third-order valence-corrected chi connectivity index (χ3v) is 4.54. The summed E-state index contributed by atoms with van der Waals surface area (Å²) < 4.78 is 46.3. The first-order valence-electron chi connectivity index (χ1n) is 8.77. The monoisotopic (exact) mass is 382 g/mol. The number of benzene rings is 3. The van der Waals surface area contributed by atoms with Gasteiger partial charge in [0.25, 0.3) is 0 Å². The number of halogens is 3. The molecule has 0 N–H and O–H groups in total. The SMILES string of the molecule is FC(F)(F)c1ccc(OC(Cn2ccnc2)c2ccc3ccccc3c2)cc1. The minimum atomic E-state index is -4.37. The number of fused-ring (bicyclic) bond motifs is 1. The molecule has 142 valence electrons. The number of rotatable bonds is 5. The molecule has 1 atom stereocenters. The number of imidazole rings is 1. The van der Waals surface area contributed by atoms with Crippen LogP contribution < -0.4 is 4.74 Å². The Morgan fingerprint density at radius 1 is 0.929 bits per heavy atom. The van der Waals surface area contributed by atoms with E-state index in [4.69, 9.17) is 4.74 Å². The van der Waals surface area contributed by atoms with E-state index in [1.54, 1.807) is 12.5 Å². The molecular weight excluding hydrogens is 365 g/mol. The Morgan fingerprint density at radius 3 is 2.36 bits per heavy atom. The van der Waals surface area contributed by atoms with Crippen LogP contribution in [-0.2, 0) is 12.7 Å². The van der Waals surface area contributed by atoms with E-state index < -0.39 is 11.7 Å². The van der Waals surface area contributed by atoms with Crippen LogP contribution in [0.25, 0.3) is 10.8 Å². The average Bonchev–Trinajstić information content (AvgIpc) is 3.20. The molecule has 0 fully saturated rings. The molecule has 0 saturated carbocycles. The van der Waals surface area contributed by atoms with Gasteiger partial charge in [-0.05, 0) is 46.7 Å². The molecule has 4 rings (SSSR count). The van der Waals surface area contributed by atoms with Crippen molar-refractivity contribution in [3.8, 4) is 5.75 Å². The maximum absolute atomic E-state index is 12.8. The second-order valence-corrected chi connectivity index (χ2v) is 6.49. The van der Waals surface area contributed by atoms with E-state index in [-0.39, 0.29) is 6.10 Å². The van der Waals surface area contributed by atoms with E-state index in [1.165, 1.54) is 12.1 Å². The Morgan fingerprint density at radius 2 is 1.68 bits per heavy atom. The summed E-state index contributed by atoms with van der Waals surface area (Å²) in [6.07, 6.45) is 0.437. The lowest BCUT2D eigenvalue weighted by molar-refractivity contribution is -0.137. The van der Waals surface area contributed by atoms with Crippen LogP contribution in [0.1, 0.15) is 17.2 Å². The van der Waals surface area contributed by atoms with Crippen LogP contribution in [0.15, 0.2) is 85.5 Å². The first-order chi connectivity index (χ1) is 13.5. The van der Waals surface area contributed by atoms with Crippen molar-refractivity contribution in [2.45, 2.75) is 18.8 Å². The Kier molecular flexibility index (Phi) is 4.77. The zero-order chi connectivity index (χ0) is 19.6. The number of nitrogens with zero attached hydrogens (tertiary/aromatic N) is 2. The first kappa shape index (κ1) is 18.1. The van der Waals surface area contributed by atoms with Crippen molar-refractivity contribution < 1.29 is 17.9 Å². The summed E-state index contributed by atoms with van der Waals surface area (Å²) in [5.74, 6) is 0.381. The van der Waals surface area contributed by atoms with E-state index in [0.717, 1.165) is 28.5 Å². The summed E-state index contributed by atoms with van der Waals surface area (Å²) in [6.45, 7) is 0.485. The predicted octanol–water partition coefficient (Wildman–Crippen LogP) is 5.88. The van der Waals surface area contributed by atoms with Crippen molar-refractivity contribution in [1.29, 1.82) is 0 Å². The van der Waals surface area contributed by atoms with Crippen molar-refractivity contribution in [3.63, 3.8) is 0 Å². The number of hydrogen-bond donors (Lipinski definition) is 0. The standard InChI is InChI=1S/C22H17F3N2O/c23-22(24,25)19-7-9-20(10-8-19)28-21(14-27-12-11-26-15-27)18-6-5-16-3-1-2-4-17(16)13-18/h1-13,15,21H,14H2. The van der Waals surface area contributed by atoms with E-state index in [0.29, 0.717) is 12.3 Å². The average molecular weight is 382 g/mol. The quantitative estimate of drug-likeness (QED) is 0.431. The van der Waals surface area contributed by atoms with Crippen LogP contribution in [0.5, 0.6) is 5.75 Å². The molecule has 1 heterocycles. The maximum atomic E-state index is 12.8. The van der Waals surface area contributed by atoms with E-state index in [2.05, 4.69) is 4.98 Å². The van der Waals surface area contributed by atoms with E-state index in [1.807, 2.05) is 53.2 Å². The molecule has 1 unspecified atom stereocenters. The summed E-state index contributed by atoms with van der Waals surface area (Å²) in [7, 11) is 0. The first-order valence-corrected chi connectivity index (χ1v) is 8.77. The van der Waals surface area contributed by atoms with E-state index >= 15 is 0 Å². The highest BCUT2D eigenvalue weighted by Gasteiger charge is 2.30. The molecule has 6 heteroatoms. The van der Waals surface area contributed by atoms with Crippen LogP contribution in [-0.4, -0.2) is 9.55 Å². The van der Waals surface area contributed by atoms with Crippen molar-refractivity contribution in [2.75, 3.05) is 0 Å². The fourth-order valence-corrected chi connectivity index (χ4v) is 3.09. The van der Waals surface area contributed by atoms with Gasteiger partial charge < -0.3 is 9.30 Å². The lowest BCUT2D eigenvalue weighted by Crippen LogP contribution is -2.15. The second-order valence-electron chi connectivity index (χ2n) is 6.49. The molecule has 1 aromatic heterocycles. The lowest BCUT2D eigenvalue weighted by Gasteiger charge is -2.21. The summed E-state index contributed by atoms with van der Waals surface area (Å²) in [5, 5.41) is 2.19. The number of alkyl halides is 3. The molecule has 0 amide bonds. The fraction of sp³-hybridized carbons (Fsp3) is 0.136. The molecule has 0 aliphatic carbocycles. The number of hydrogen-bond acceptors (Lipinski definition) is 2. The molecule has 0 spiro atoms. The van der Waals surface area contributed by atoms with E-state index in [9.17, 15) is 13.2 Å². The highest BCUT2D eigenvalue weighted by molar-refractivity contribution is 5.83. The summed E-state index contributed by atoms with van der Waals surface area (Å²) in [6, 6.07) is 18.8. The number of aromatic nitrogens is 2. The van der Waals surface area contributed by atoms with Crippen LogP contribution >= 0.6 is 0 Å². The highest BCUT2D eigenvalue weighted by Crippen LogP contribution is 2.32. The van der Waals surface area contributed by atoms with Crippen molar-refractivity contribution in [2.24, 2.45) is 0 Å². The molecule has 3 nitrogen and oxygen atoms in total. The van der Waals surface area contributed by atoms with Gasteiger partial charge in [-0.15, -0.1) is 0 Å². The van der Waals surface area contributed by atoms with Gasteiger partial charge in [0, 0.05) is 12.4 Å². The van der Waals surface area contributed by atoms with Gasteiger partial charge in [0.15, 0.2) is 0 Å². The van der Waals surface area contributed by atoms with Crippen LogP contribution in [0.2, 0.25) is 0 Å². The Bertz CT molecular complexity index is 1060. The topological polar surface area (TPSA) is 27.1 Å². The largest absolute Gasteiger partial charge is 0.484 e. The minimum absolute atomic E-state index is 0.379. The maximum Gasteiger partial charge on any atom is 0.416 e. The lowest BCUT2D eigenvalue weighted by atomic mass is 10.0. The second kappa shape index (κ2) is 7.38. The van der Waals surface area contributed by atoms with Crippen molar-refractivity contribution >= 4 is 10.8 Å². The van der Waals surface area contributed by atoms with Gasteiger partial charge in [-0.3, -0.25) is 0 Å². The highest BCUT2D eigenvalue weighted by atomic mass is 19.4. The van der Waals surface area contributed by atoms with Crippen molar-refractivity contribution in [3.05, 3.63) is 96.6 Å². The van der Waals surface area contributed by atoms with Crippen molar-refractivity contribution in [1.82, 2.24) is 9.55 Å². The van der Waals surface area contributed by atoms with Crippen LogP contribution in [0.3, 0.4) is 0 Å².